The fraction of sp³-hybridized carbons (Fsp3) is 0.923. The highest BCUT2D eigenvalue weighted by molar-refractivity contribution is 5.77. The van der Waals surface area contributed by atoms with Crippen molar-refractivity contribution in [1.29, 1.82) is 0 Å². The van der Waals surface area contributed by atoms with Crippen LogP contribution in [0.15, 0.2) is 0 Å². The molecule has 0 amide bonds. The minimum Gasteiger partial charge on any atom is -0.317 e. The summed E-state index contributed by atoms with van der Waals surface area (Å²) in [6.07, 6.45) is 5.01. The fourth-order valence-corrected chi connectivity index (χ4v) is 2.43. The van der Waals surface area contributed by atoms with Gasteiger partial charge in [-0.15, -0.1) is 0 Å². The second kappa shape index (κ2) is 7.80. The van der Waals surface area contributed by atoms with Gasteiger partial charge in [0.2, 0.25) is 0 Å². The average molecular weight is 226 g/mol. The summed E-state index contributed by atoms with van der Waals surface area (Å²) in [5.74, 6) is 0.404. The molecule has 1 aliphatic heterocycles. The largest absolute Gasteiger partial charge is 0.317 e. The third-order valence-electron chi connectivity index (χ3n) is 3.53. The van der Waals surface area contributed by atoms with Gasteiger partial charge in [-0.3, -0.25) is 4.79 Å². The number of hydrogen-bond donors (Lipinski definition) is 1. The Morgan fingerprint density at radius 3 is 2.56 bits per heavy atom. The molecule has 1 rings (SSSR count). The van der Waals surface area contributed by atoms with E-state index >= 15 is 0 Å². The van der Waals surface area contributed by atoms with Gasteiger partial charge in [-0.25, -0.2) is 0 Å². The van der Waals surface area contributed by atoms with E-state index < -0.39 is 0 Å². The quantitative estimate of drug-likeness (QED) is 0.718. The van der Waals surface area contributed by atoms with Crippen LogP contribution in [0.25, 0.3) is 0 Å². The lowest BCUT2D eigenvalue weighted by Gasteiger charge is -2.33. The van der Waals surface area contributed by atoms with Gasteiger partial charge in [-0.2, -0.15) is 0 Å². The van der Waals surface area contributed by atoms with Crippen LogP contribution in [0.3, 0.4) is 0 Å². The first kappa shape index (κ1) is 13.7. The molecule has 1 aliphatic rings. The Morgan fingerprint density at radius 1 is 1.31 bits per heavy atom. The summed E-state index contributed by atoms with van der Waals surface area (Å²) in [5, 5.41) is 3.40. The molecular formula is C13H26N2O. The lowest BCUT2D eigenvalue weighted by Crippen LogP contribution is -2.43. The number of Topliss-reactive ketones (excluding diaryl/α,β-unsaturated/α-hetero) is 1. The van der Waals surface area contributed by atoms with Crippen molar-refractivity contribution in [2.45, 2.75) is 52.0 Å². The summed E-state index contributed by atoms with van der Waals surface area (Å²) >= 11 is 0. The van der Waals surface area contributed by atoms with E-state index in [1.807, 2.05) is 6.92 Å². The van der Waals surface area contributed by atoms with Gasteiger partial charge < -0.3 is 10.2 Å². The molecule has 0 atom stereocenters. The Kier molecular flexibility index (Phi) is 6.65. The number of carbonyl (C=O) groups is 1. The van der Waals surface area contributed by atoms with Crippen LogP contribution in [0.1, 0.15) is 46.0 Å². The topological polar surface area (TPSA) is 32.3 Å². The lowest BCUT2D eigenvalue weighted by atomic mass is 10.0. The SMILES string of the molecule is CCC(=O)CCCN(CC)C1CCNCC1. The zero-order valence-electron chi connectivity index (χ0n) is 10.8. The van der Waals surface area contributed by atoms with Gasteiger partial charge in [0.25, 0.3) is 0 Å². The lowest BCUT2D eigenvalue weighted by molar-refractivity contribution is -0.118. The van der Waals surface area contributed by atoms with Crippen molar-refractivity contribution < 1.29 is 4.79 Å². The van der Waals surface area contributed by atoms with E-state index in [-0.39, 0.29) is 0 Å². The molecule has 1 saturated heterocycles. The van der Waals surface area contributed by atoms with Crippen molar-refractivity contribution >= 4 is 5.78 Å². The normalized spacial score (nSPS) is 17.9. The van der Waals surface area contributed by atoms with E-state index in [0.717, 1.165) is 45.1 Å². The van der Waals surface area contributed by atoms with E-state index in [1.54, 1.807) is 0 Å². The van der Waals surface area contributed by atoms with E-state index in [9.17, 15) is 4.79 Å². The van der Waals surface area contributed by atoms with Crippen LogP contribution >= 0.6 is 0 Å². The van der Waals surface area contributed by atoms with E-state index in [0.29, 0.717) is 12.2 Å². The number of rotatable bonds is 7. The molecule has 0 radical (unpaired) electrons. The number of carbonyl (C=O) groups excluding carboxylic acids is 1. The number of hydrogen-bond acceptors (Lipinski definition) is 3. The molecule has 0 aromatic carbocycles. The molecule has 0 bridgehead atoms. The smallest absolute Gasteiger partial charge is 0.132 e. The van der Waals surface area contributed by atoms with Gasteiger partial charge >= 0.3 is 0 Å². The summed E-state index contributed by atoms with van der Waals surface area (Å²) < 4.78 is 0. The summed E-state index contributed by atoms with van der Waals surface area (Å²) in [6, 6.07) is 0.739. The number of nitrogens with one attached hydrogen (secondary N) is 1. The minimum atomic E-state index is 0.404. The number of piperidine rings is 1. The van der Waals surface area contributed by atoms with Crippen LogP contribution in [0.5, 0.6) is 0 Å². The fourth-order valence-electron chi connectivity index (χ4n) is 2.43. The molecule has 1 heterocycles. The number of nitrogens with zero attached hydrogens (tertiary/aromatic N) is 1. The maximum absolute atomic E-state index is 11.2. The third kappa shape index (κ3) is 4.62. The second-order valence-corrected chi connectivity index (χ2v) is 4.61. The molecule has 0 aliphatic carbocycles. The van der Waals surface area contributed by atoms with Gasteiger partial charge in [0, 0.05) is 18.9 Å². The molecule has 3 heteroatoms. The van der Waals surface area contributed by atoms with Crippen molar-refractivity contribution in [2.75, 3.05) is 26.2 Å². The van der Waals surface area contributed by atoms with Crippen LogP contribution in [-0.4, -0.2) is 42.9 Å². The Morgan fingerprint density at radius 2 is 2.00 bits per heavy atom. The summed E-state index contributed by atoms with van der Waals surface area (Å²) in [6.45, 7) is 8.68. The monoisotopic (exact) mass is 226 g/mol. The first-order valence-corrected chi connectivity index (χ1v) is 6.74. The van der Waals surface area contributed by atoms with E-state index in [1.165, 1.54) is 12.8 Å². The Hall–Kier alpha value is -0.410. The molecule has 0 aromatic heterocycles. The average Bonchev–Trinajstić information content (AvgIpc) is 2.35. The van der Waals surface area contributed by atoms with Crippen molar-refractivity contribution in [3.8, 4) is 0 Å². The van der Waals surface area contributed by atoms with Crippen LogP contribution in [0.4, 0.5) is 0 Å². The summed E-state index contributed by atoms with van der Waals surface area (Å²) in [4.78, 5) is 13.8. The zero-order chi connectivity index (χ0) is 11.8. The highest BCUT2D eigenvalue weighted by Gasteiger charge is 2.19. The van der Waals surface area contributed by atoms with E-state index in [2.05, 4.69) is 17.1 Å². The minimum absolute atomic E-state index is 0.404. The molecular weight excluding hydrogens is 200 g/mol. The molecule has 94 valence electrons. The van der Waals surface area contributed by atoms with Crippen molar-refractivity contribution in [3.63, 3.8) is 0 Å². The predicted octanol–water partition coefficient (Wildman–Crippen LogP) is 1.82. The maximum Gasteiger partial charge on any atom is 0.132 e. The molecule has 0 saturated carbocycles. The highest BCUT2D eigenvalue weighted by Crippen LogP contribution is 2.12. The second-order valence-electron chi connectivity index (χ2n) is 4.61. The summed E-state index contributed by atoms with van der Waals surface area (Å²) in [7, 11) is 0. The Bertz CT molecular complexity index is 200. The Balaban J connectivity index is 2.22. The summed E-state index contributed by atoms with van der Waals surface area (Å²) in [5.41, 5.74) is 0. The van der Waals surface area contributed by atoms with Gasteiger partial charge in [0.1, 0.15) is 5.78 Å². The van der Waals surface area contributed by atoms with Crippen LogP contribution < -0.4 is 5.32 Å². The van der Waals surface area contributed by atoms with Gasteiger partial charge in [0.15, 0.2) is 0 Å². The van der Waals surface area contributed by atoms with Crippen molar-refractivity contribution in [2.24, 2.45) is 0 Å². The van der Waals surface area contributed by atoms with Crippen LogP contribution in [-0.2, 0) is 4.79 Å². The first-order chi connectivity index (χ1) is 7.77. The standard InChI is InChI=1S/C13H26N2O/c1-3-13(16)6-5-11-15(4-2)12-7-9-14-10-8-12/h12,14H,3-11H2,1-2H3. The van der Waals surface area contributed by atoms with E-state index in [4.69, 9.17) is 0 Å². The van der Waals surface area contributed by atoms with Crippen molar-refractivity contribution in [1.82, 2.24) is 10.2 Å². The third-order valence-corrected chi connectivity index (χ3v) is 3.53. The molecule has 16 heavy (non-hydrogen) atoms. The van der Waals surface area contributed by atoms with Gasteiger partial charge in [0.05, 0.1) is 0 Å². The maximum atomic E-state index is 11.2. The van der Waals surface area contributed by atoms with Gasteiger partial charge in [-0.05, 0) is 45.4 Å². The molecule has 0 spiro atoms. The molecule has 0 unspecified atom stereocenters. The van der Waals surface area contributed by atoms with Crippen molar-refractivity contribution in [3.05, 3.63) is 0 Å². The van der Waals surface area contributed by atoms with Crippen LogP contribution in [0, 0.1) is 0 Å². The zero-order valence-corrected chi connectivity index (χ0v) is 10.8. The highest BCUT2D eigenvalue weighted by atomic mass is 16.1. The molecule has 1 fully saturated rings. The molecule has 3 nitrogen and oxygen atoms in total. The molecule has 0 aromatic rings. The van der Waals surface area contributed by atoms with Gasteiger partial charge in [-0.1, -0.05) is 13.8 Å². The van der Waals surface area contributed by atoms with Crippen LogP contribution in [0.2, 0.25) is 0 Å². The number of ketones is 1. The molecule has 1 N–H and O–H groups in total. The first-order valence-electron chi connectivity index (χ1n) is 6.74. The Labute approximate surface area is 99.6 Å². The predicted molar refractivity (Wildman–Crippen MR) is 67.7 cm³/mol.